The summed E-state index contributed by atoms with van der Waals surface area (Å²) in [5, 5.41) is 0. The van der Waals surface area contributed by atoms with Crippen LogP contribution in [0.2, 0.25) is 0 Å². The van der Waals surface area contributed by atoms with Crippen molar-refractivity contribution in [1.82, 2.24) is 0 Å². The monoisotopic (exact) mass is 210 g/mol. The number of hydrogen-bond donors (Lipinski definition) is 0. The van der Waals surface area contributed by atoms with Gasteiger partial charge in [0.15, 0.2) is 0 Å². The van der Waals surface area contributed by atoms with Crippen molar-refractivity contribution in [1.29, 1.82) is 0 Å². The summed E-state index contributed by atoms with van der Waals surface area (Å²) in [5.41, 5.74) is 1.39. The molecule has 0 heterocycles. The van der Waals surface area contributed by atoms with Crippen LogP contribution in [0.5, 0.6) is 0 Å². The molecule has 0 aromatic heterocycles. The van der Waals surface area contributed by atoms with E-state index in [1.54, 1.807) is 0 Å². The van der Waals surface area contributed by atoms with Crippen molar-refractivity contribution in [3.05, 3.63) is 0 Å². The molecule has 15 heavy (non-hydrogen) atoms. The summed E-state index contributed by atoms with van der Waals surface area (Å²) in [5.74, 6) is 2.80. The van der Waals surface area contributed by atoms with Crippen LogP contribution in [-0.2, 0) is 0 Å². The average Bonchev–Trinajstić information content (AvgIpc) is 2.57. The van der Waals surface area contributed by atoms with Gasteiger partial charge < -0.3 is 0 Å². The molecule has 2 fully saturated rings. The summed E-state index contributed by atoms with van der Waals surface area (Å²) >= 11 is 0. The first-order valence-corrected chi connectivity index (χ1v) is 6.91. The molecule has 0 amide bonds. The zero-order valence-corrected chi connectivity index (χ0v) is 11.9. The van der Waals surface area contributed by atoms with E-state index in [1.807, 2.05) is 13.8 Å². The maximum Gasteiger partial charge on any atom is -0.0264 e. The molecule has 0 saturated heterocycles. The van der Waals surface area contributed by atoms with Crippen LogP contribution >= 0.6 is 0 Å². The second-order valence-corrected chi connectivity index (χ2v) is 6.41. The van der Waals surface area contributed by atoms with E-state index < -0.39 is 0 Å². The summed E-state index contributed by atoms with van der Waals surface area (Å²) in [7, 11) is 0. The van der Waals surface area contributed by atoms with Gasteiger partial charge in [0.2, 0.25) is 0 Å². The fourth-order valence-electron chi connectivity index (χ4n) is 4.18. The fraction of sp³-hybridized carbons (Fsp3) is 1.00. The molecule has 0 radical (unpaired) electrons. The van der Waals surface area contributed by atoms with Gasteiger partial charge in [-0.3, -0.25) is 0 Å². The summed E-state index contributed by atoms with van der Waals surface area (Å²) in [4.78, 5) is 0. The Hall–Kier alpha value is 0. The van der Waals surface area contributed by atoms with Crippen molar-refractivity contribution >= 4 is 0 Å². The lowest BCUT2D eigenvalue weighted by atomic mass is 9.67. The molecule has 0 spiro atoms. The molecule has 2 bridgehead atoms. The molecule has 0 nitrogen and oxygen atoms in total. The molecule has 0 aliphatic heterocycles. The SMILES string of the molecule is CC.CC(C)C12CC(C)C(C)(C1)C(C)C2. The second-order valence-electron chi connectivity index (χ2n) is 6.41. The topological polar surface area (TPSA) is 0 Å². The zero-order valence-electron chi connectivity index (χ0n) is 11.9. The van der Waals surface area contributed by atoms with E-state index in [0.29, 0.717) is 10.8 Å². The highest BCUT2D eigenvalue weighted by atomic mass is 14.6. The third-order valence-electron chi connectivity index (χ3n) is 5.63. The smallest absolute Gasteiger partial charge is 0.0264 e. The maximum absolute atomic E-state index is 2.53. The van der Waals surface area contributed by atoms with Crippen molar-refractivity contribution in [2.75, 3.05) is 0 Å². The highest BCUT2D eigenvalue weighted by molar-refractivity contribution is 5.09. The minimum absolute atomic E-state index is 0.671. The molecule has 2 atom stereocenters. The van der Waals surface area contributed by atoms with E-state index in [9.17, 15) is 0 Å². The zero-order chi connectivity index (χ0) is 11.9. The molecule has 2 aliphatic carbocycles. The van der Waals surface area contributed by atoms with Crippen LogP contribution in [0.3, 0.4) is 0 Å². The van der Waals surface area contributed by atoms with E-state index in [0.717, 1.165) is 17.8 Å². The molecule has 2 aliphatic rings. The Morgan fingerprint density at radius 1 is 1.00 bits per heavy atom. The van der Waals surface area contributed by atoms with Gasteiger partial charge in [-0.2, -0.15) is 0 Å². The van der Waals surface area contributed by atoms with Crippen LogP contribution in [0.1, 0.15) is 67.7 Å². The normalized spacial score (nSPS) is 48.0. The minimum atomic E-state index is 0.671. The molecule has 0 aromatic rings. The Balaban J connectivity index is 0.000000531. The standard InChI is InChI=1S/C13H24.C2H6/c1-9(2)13-6-10(3)12(5,8-13)11(4)7-13;1-2/h9-11H,6-8H2,1-5H3;1-2H3. The Bertz CT molecular complexity index is 202. The van der Waals surface area contributed by atoms with Crippen LogP contribution < -0.4 is 0 Å². The van der Waals surface area contributed by atoms with Gasteiger partial charge >= 0.3 is 0 Å². The quantitative estimate of drug-likeness (QED) is 0.563. The maximum atomic E-state index is 2.53. The minimum Gasteiger partial charge on any atom is -0.0683 e. The van der Waals surface area contributed by atoms with Gasteiger partial charge in [0.25, 0.3) is 0 Å². The van der Waals surface area contributed by atoms with E-state index in [2.05, 4.69) is 34.6 Å². The van der Waals surface area contributed by atoms with Crippen molar-refractivity contribution in [3.8, 4) is 0 Å². The summed E-state index contributed by atoms with van der Waals surface area (Å²) in [6, 6.07) is 0. The molecule has 2 saturated carbocycles. The molecule has 0 aromatic carbocycles. The van der Waals surface area contributed by atoms with Gasteiger partial charge in [0.1, 0.15) is 0 Å². The molecular weight excluding hydrogens is 180 g/mol. The largest absolute Gasteiger partial charge is 0.0683 e. The van der Waals surface area contributed by atoms with Crippen molar-refractivity contribution in [2.24, 2.45) is 28.6 Å². The van der Waals surface area contributed by atoms with E-state index >= 15 is 0 Å². The summed E-state index contributed by atoms with van der Waals surface area (Å²) in [6.45, 7) is 16.3. The number of rotatable bonds is 1. The molecular formula is C15H30. The van der Waals surface area contributed by atoms with E-state index in [-0.39, 0.29) is 0 Å². The molecule has 0 heteroatoms. The summed E-state index contributed by atoms with van der Waals surface area (Å²) < 4.78 is 0. The van der Waals surface area contributed by atoms with Gasteiger partial charge in [-0.05, 0) is 47.8 Å². The van der Waals surface area contributed by atoms with Gasteiger partial charge in [0.05, 0.1) is 0 Å². The second kappa shape index (κ2) is 4.11. The molecule has 0 N–H and O–H groups in total. The Kier molecular flexibility index (Phi) is 3.58. The Morgan fingerprint density at radius 3 is 1.60 bits per heavy atom. The van der Waals surface area contributed by atoms with Gasteiger partial charge in [-0.25, -0.2) is 0 Å². The fourth-order valence-corrected chi connectivity index (χ4v) is 4.18. The highest BCUT2D eigenvalue weighted by Crippen LogP contribution is 2.68. The Morgan fingerprint density at radius 2 is 1.40 bits per heavy atom. The van der Waals surface area contributed by atoms with Crippen LogP contribution in [0.4, 0.5) is 0 Å². The molecule has 2 unspecified atom stereocenters. The average molecular weight is 210 g/mol. The van der Waals surface area contributed by atoms with Crippen molar-refractivity contribution < 1.29 is 0 Å². The molecule has 2 rings (SSSR count). The number of fused-ring (bicyclic) bond motifs is 2. The Labute approximate surface area is 96.8 Å². The van der Waals surface area contributed by atoms with Crippen molar-refractivity contribution in [3.63, 3.8) is 0 Å². The van der Waals surface area contributed by atoms with Gasteiger partial charge in [-0.15, -0.1) is 0 Å². The summed E-state index contributed by atoms with van der Waals surface area (Å²) in [6.07, 6.45) is 4.48. The van der Waals surface area contributed by atoms with E-state index in [4.69, 9.17) is 0 Å². The first-order chi connectivity index (χ1) is 6.91. The van der Waals surface area contributed by atoms with Crippen molar-refractivity contribution in [2.45, 2.75) is 67.7 Å². The first kappa shape index (κ1) is 13.1. The van der Waals surface area contributed by atoms with Crippen LogP contribution in [0.15, 0.2) is 0 Å². The van der Waals surface area contributed by atoms with Gasteiger partial charge in [0, 0.05) is 0 Å². The lowest BCUT2D eigenvalue weighted by Gasteiger charge is -2.38. The molecule has 90 valence electrons. The third kappa shape index (κ3) is 1.74. The van der Waals surface area contributed by atoms with Crippen LogP contribution in [0, 0.1) is 28.6 Å². The lowest BCUT2D eigenvalue weighted by Crippen LogP contribution is -2.30. The van der Waals surface area contributed by atoms with Crippen LogP contribution in [-0.4, -0.2) is 0 Å². The predicted octanol–water partition coefficient (Wildman–Crippen LogP) is 5.13. The van der Waals surface area contributed by atoms with E-state index in [1.165, 1.54) is 19.3 Å². The van der Waals surface area contributed by atoms with Gasteiger partial charge in [-0.1, -0.05) is 48.5 Å². The third-order valence-corrected chi connectivity index (χ3v) is 5.63. The number of hydrogen-bond acceptors (Lipinski definition) is 0. The highest BCUT2D eigenvalue weighted by Gasteiger charge is 2.60. The predicted molar refractivity (Wildman–Crippen MR) is 68.9 cm³/mol. The van der Waals surface area contributed by atoms with Crippen LogP contribution in [0.25, 0.3) is 0 Å². The first-order valence-electron chi connectivity index (χ1n) is 6.91. The lowest BCUT2D eigenvalue weighted by molar-refractivity contribution is 0.114.